The Morgan fingerprint density at radius 1 is 1.82 bits per heavy atom. The Morgan fingerprint density at radius 2 is 2.45 bits per heavy atom. The highest BCUT2D eigenvalue weighted by molar-refractivity contribution is 5.73. The molecule has 0 unspecified atom stereocenters. The number of rotatable bonds is 1. The molecule has 1 fully saturated rings. The zero-order valence-electron chi connectivity index (χ0n) is 6.32. The summed E-state index contributed by atoms with van der Waals surface area (Å²) in [7, 11) is 0. The van der Waals surface area contributed by atoms with Crippen LogP contribution in [-0.4, -0.2) is 46.4 Å². The summed E-state index contributed by atoms with van der Waals surface area (Å²) in [5.74, 6) is -0.194. The summed E-state index contributed by atoms with van der Waals surface area (Å²) in [5.41, 5.74) is 2.68. The molecule has 64 valence electrons. The molecule has 0 aliphatic carbocycles. The fraction of sp³-hybridized carbons (Fsp3) is 0.833. The number of carbonyl (C=O) groups excluding carboxylic acids is 1. The zero-order chi connectivity index (χ0) is 8.43. The number of aliphatic hydroxyl groups is 2. The molecule has 0 bridgehead atoms. The fourth-order valence-electron chi connectivity index (χ4n) is 1.17. The van der Waals surface area contributed by atoms with E-state index in [9.17, 15) is 9.90 Å². The smallest absolute Gasteiger partial charge is 0.233 e. The van der Waals surface area contributed by atoms with Crippen LogP contribution in [-0.2, 0) is 4.79 Å². The van der Waals surface area contributed by atoms with Crippen LogP contribution in [0.3, 0.4) is 0 Å². The van der Waals surface area contributed by atoms with Crippen LogP contribution in [0.2, 0.25) is 0 Å². The van der Waals surface area contributed by atoms with Crippen LogP contribution in [0.4, 0.5) is 0 Å². The lowest BCUT2D eigenvalue weighted by Crippen LogP contribution is -2.44. The average Bonchev–Trinajstić information content (AvgIpc) is 2.30. The van der Waals surface area contributed by atoms with Crippen molar-refractivity contribution in [1.82, 2.24) is 10.4 Å². The highest BCUT2D eigenvalue weighted by Gasteiger charge is 2.33. The monoisotopic (exact) mass is 160 g/mol. The Balaban J connectivity index is 2.61. The van der Waals surface area contributed by atoms with E-state index in [-0.39, 0.29) is 12.5 Å². The average molecular weight is 160 g/mol. The van der Waals surface area contributed by atoms with E-state index in [4.69, 9.17) is 5.11 Å². The van der Waals surface area contributed by atoms with Gasteiger partial charge in [-0.25, -0.2) is 5.43 Å². The van der Waals surface area contributed by atoms with Crippen molar-refractivity contribution in [3.63, 3.8) is 0 Å². The van der Waals surface area contributed by atoms with Crippen LogP contribution in [0.5, 0.6) is 0 Å². The highest BCUT2D eigenvalue weighted by Crippen LogP contribution is 2.08. The maximum atomic E-state index is 10.8. The quantitative estimate of drug-likeness (QED) is 0.418. The number of aliphatic hydroxyl groups excluding tert-OH is 2. The molecular formula is C6H12N2O3. The first-order valence-electron chi connectivity index (χ1n) is 3.49. The number of β-amino-alcohol motifs (C(OH)–C–C–N with tert-alkyl or cyclic N) is 1. The predicted molar refractivity (Wildman–Crippen MR) is 37.4 cm³/mol. The molecule has 0 spiro atoms. The Morgan fingerprint density at radius 3 is 2.82 bits per heavy atom. The van der Waals surface area contributed by atoms with Crippen LogP contribution >= 0.6 is 0 Å². The van der Waals surface area contributed by atoms with E-state index in [2.05, 4.69) is 5.43 Å². The van der Waals surface area contributed by atoms with Crippen LogP contribution in [0.25, 0.3) is 0 Å². The largest absolute Gasteiger partial charge is 0.394 e. The van der Waals surface area contributed by atoms with Gasteiger partial charge in [-0.2, -0.15) is 0 Å². The maximum Gasteiger partial charge on any atom is 0.233 e. The molecule has 1 rings (SSSR count). The van der Waals surface area contributed by atoms with Gasteiger partial charge in [-0.1, -0.05) is 0 Å². The van der Waals surface area contributed by atoms with Crippen molar-refractivity contribution in [2.45, 2.75) is 19.1 Å². The first kappa shape index (κ1) is 8.45. The molecule has 0 saturated carbocycles. The highest BCUT2D eigenvalue weighted by atomic mass is 16.3. The summed E-state index contributed by atoms with van der Waals surface area (Å²) in [6, 6.07) is -0.493. The Kier molecular flexibility index (Phi) is 2.43. The summed E-state index contributed by atoms with van der Waals surface area (Å²) in [5, 5.41) is 19.2. The van der Waals surface area contributed by atoms with Gasteiger partial charge in [0.15, 0.2) is 0 Å². The lowest BCUT2D eigenvalue weighted by Gasteiger charge is -2.21. The van der Waals surface area contributed by atoms with Gasteiger partial charge in [0.25, 0.3) is 0 Å². The van der Waals surface area contributed by atoms with Gasteiger partial charge in [0, 0.05) is 13.5 Å². The van der Waals surface area contributed by atoms with E-state index in [1.165, 1.54) is 11.9 Å². The van der Waals surface area contributed by atoms with Crippen molar-refractivity contribution in [3.8, 4) is 0 Å². The molecule has 3 N–H and O–H groups in total. The predicted octanol–water partition coefficient (Wildman–Crippen LogP) is -1.93. The summed E-state index contributed by atoms with van der Waals surface area (Å²) >= 11 is 0. The Bertz CT molecular complexity index is 162. The second-order valence-corrected chi connectivity index (χ2v) is 2.57. The molecule has 1 aliphatic rings. The molecule has 1 saturated heterocycles. The fourth-order valence-corrected chi connectivity index (χ4v) is 1.17. The van der Waals surface area contributed by atoms with Crippen LogP contribution < -0.4 is 5.43 Å². The van der Waals surface area contributed by atoms with E-state index >= 15 is 0 Å². The minimum absolute atomic E-state index is 0.194. The second-order valence-electron chi connectivity index (χ2n) is 2.57. The van der Waals surface area contributed by atoms with E-state index in [0.29, 0.717) is 6.54 Å². The molecule has 0 aromatic heterocycles. The van der Waals surface area contributed by atoms with E-state index in [0.717, 1.165) is 0 Å². The van der Waals surface area contributed by atoms with Crippen LogP contribution in [0.15, 0.2) is 0 Å². The SMILES string of the molecule is CC(=O)N1NC[C@H](O)[C@H]1CO. The molecule has 0 aromatic carbocycles. The number of hydrogen-bond donors (Lipinski definition) is 3. The third-order valence-electron chi connectivity index (χ3n) is 1.77. The normalized spacial score (nSPS) is 31.0. The lowest BCUT2D eigenvalue weighted by atomic mass is 10.2. The third kappa shape index (κ3) is 1.50. The summed E-state index contributed by atoms with van der Waals surface area (Å²) in [4.78, 5) is 10.8. The maximum absolute atomic E-state index is 10.8. The molecule has 5 heteroatoms. The zero-order valence-corrected chi connectivity index (χ0v) is 6.32. The van der Waals surface area contributed by atoms with Crippen molar-refractivity contribution < 1.29 is 15.0 Å². The molecule has 1 heterocycles. The molecule has 1 aliphatic heterocycles. The first-order chi connectivity index (χ1) is 5.16. The number of nitrogens with one attached hydrogen (secondary N) is 1. The Hall–Kier alpha value is -0.650. The third-order valence-corrected chi connectivity index (χ3v) is 1.77. The molecule has 2 atom stereocenters. The number of amides is 1. The summed E-state index contributed by atoms with van der Waals surface area (Å²) in [6.45, 7) is 1.49. The van der Waals surface area contributed by atoms with Gasteiger partial charge in [-0.05, 0) is 0 Å². The second kappa shape index (κ2) is 3.17. The van der Waals surface area contributed by atoms with Crippen molar-refractivity contribution in [2.24, 2.45) is 0 Å². The number of hydrogen-bond acceptors (Lipinski definition) is 4. The molecule has 0 radical (unpaired) electrons. The summed E-state index contributed by atoms with van der Waals surface area (Å²) in [6.07, 6.45) is -0.663. The lowest BCUT2D eigenvalue weighted by molar-refractivity contribution is -0.134. The number of carbonyl (C=O) groups is 1. The van der Waals surface area contributed by atoms with Gasteiger partial charge >= 0.3 is 0 Å². The van der Waals surface area contributed by atoms with Gasteiger partial charge < -0.3 is 10.2 Å². The Labute approximate surface area is 64.6 Å². The van der Waals surface area contributed by atoms with Crippen molar-refractivity contribution in [3.05, 3.63) is 0 Å². The first-order valence-corrected chi connectivity index (χ1v) is 3.49. The number of nitrogens with zero attached hydrogens (tertiary/aromatic N) is 1. The van der Waals surface area contributed by atoms with Gasteiger partial charge in [-0.3, -0.25) is 9.80 Å². The minimum Gasteiger partial charge on any atom is -0.394 e. The van der Waals surface area contributed by atoms with Gasteiger partial charge in [0.05, 0.1) is 18.8 Å². The van der Waals surface area contributed by atoms with Crippen LogP contribution in [0, 0.1) is 0 Å². The van der Waals surface area contributed by atoms with Crippen molar-refractivity contribution >= 4 is 5.91 Å². The van der Waals surface area contributed by atoms with E-state index in [1.54, 1.807) is 0 Å². The summed E-state index contributed by atoms with van der Waals surface area (Å²) < 4.78 is 0. The standard InChI is InChI=1S/C6H12N2O3/c1-4(10)8-5(3-9)6(11)2-7-8/h5-7,9,11H,2-3H2,1H3/t5-,6+/m1/s1. The van der Waals surface area contributed by atoms with Crippen molar-refractivity contribution in [1.29, 1.82) is 0 Å². The van der Waals surface area contributed by atoms with Crippen molar-refractivity contribution in [2.75, 3.05) is 13.2 Å². The minimum atomic E-state index is -0.663. The van der Waals surface area contributed by atoms with Gasteiger partial charge in [-0.15, -0.1) is 0 Å². The number of hydrazine groups is 1. The molecular weight excluding hydrogens is 148 g/mol. The topological polar surface area (TPSA) is 72.8 Å². The van der Waals surface area contributed by atoms with Gasteiger partial charge in [0.2, 0.25) is 5.91 Å². The molecule has 1 amide bonds. The molecule has 0 aromatic rings. The molecule has 11 heavy (non-hydrogen) atoms. The van der Waals surface area contributed by atoms with E-state index in [1.807, 2.05) is 0 Å². The van der Waals surface area contributed by atoms with E-state index < -0.39 is 12.1 Å². The van der Waals surface area contributed by atoms with Gasteiger partial charge in [0.1, 0.15) is 0 Å². The van der Waals surface area contributed by atoms with Crippen LogP contribution in [0.1, 0.15) is 6.92 Å². The molecule has 5 nitrogen and oxygen atoms in total.